The molecule has 2 heterocycles. The third-order valence-corrected chi connectivity index (χ3v) is 3.00. The van der Waals surface area contributed by atoms with Gasteiger partial charge in [0.25, 0.3) is 0 Å². The Kier molecular flexibility index (Phi) is 3.39. The Labute approximate surface area is 110 Å². The number of benzene rings is 1. The normalized spacial score (nSPS) is 19.3. The number of para-hydroxylation sites is 1. The Morgan fingerprint density at radius 2 is 2.11 bits per heavy atom. The summed E-state index contributed by atoms with van der Waals surface area (Å²) in [5.41, 5.74) is 1.46. The zero-order valence-corrected chi connectivity index (χ0v) is 10.4. The maximum Gasteiger partial charge on any atom is 0.197 e. The second kappa shape index (κ2) is 5.34. The number of aromatic nitrogens is 2. The first-order valence-corrected chi connectivity index (χ1v) is 6.18. The van der Waals surface area contributed by atoms with E-state index in [0.717, 1.165) is 5.69 Å². The van der Waals surface area contributed by atoms with Gasteiger partial charge in [-0.2, -0.15) is 5.10 Å². The first-order valence-electron chi connectivity index (χ1n) is 6.18. The van der Waals surface area contributed by atoms with Crippen molar-refractivity contribution in [1.82, 2.24) is 9.78 Å². The molecule has 1 aliphatic rings. The molecule has 0 aliphatic carbocycles. The van der Waals surface area contributed by atoms with Crippen LogP contribution in [-0.2, 0) is 9.47 Å². The van der Waals surface area contributed by atoms with Gasteiger partial charge >= 0.3 is 0 Å². The second-order valence-corrected chi connectivity index (χ2v) is 4.31. The summed E-state index contributed by atoms with van der Waals surface area (Å²) in [5.74, 6) is -0.0816. The highest BCUT2D eigenvalue weighted by molar-refractivity contribution is 5.99. The summed E-state index contributed by atoms with van der Waals surface area (Å²) < 4.78 is 12.3. The van der Waals surface area contributed by atoms with Crippen molar-refractivity contribution < 1.29 is 14.3 Å². The second-order valence-electron chi connectivity index (χ2n) is 4.31. The minimum Gasteiger partial charge on any atom is -0.376 e. The van der Waals surface area contributed by atoms with Crippen LogP contribution >= 0.6 is 0 Å². The van der Waals surface area contributed by atoms with E-state index in [0.29, 0.717) is 25.4 Å². The number of ether oxygens (including phenoxy) is 2. The van der Waals surface area contributed by atoms with Crippen molar-refractivity contribution >= 4 is 5.78 Å². The Balaban J connectivity index is 1.79. The first-order chi connectivity index (χ1) is 9.34. The number of carbonyl (C=O) groups excluding carboxylic acids is 1. The van der Waals surface area contributed by atoms with Gasteiger partial charge in [-0.3, -0.25) is 4.79 Å². The molecule has 0 spiro atoms. The van der Waals surface area contributed by atoms with Crippen LogP contribution in [0.3, 0.4) is 0 Å². The van der Waals surface area contributed by atoms with Gasteiger partial charge in [-0.15, -0.1) is 0 Å². The Morgan fingerprint density at radius 3 is 2.84 bits per heavy atom. The number of hydrogen-bond acceptors (Lipinski definition) is 4. The lowest BCUT2D eigenvalue weighted by atomic mass is 10.1. The van der Waals surface area contributed by atoms with Crippen LogP contribution in [0.2, 0.25) is 0 Å². The third-order valence-electron chi connectivity index (χ3n) is 3.00. The molecule has 3 rings (SSSR count). The molecule has 98 valence electrons. The molecule has 1 atom stereocenters. The molecule has 1 fully saturated rings. The highest BCUT2D eigenvalue weighted by Gasteiger charge is 2.25. The summed E-state index contributed by atoms with van der Waals surface area (Å²) in [6, 6.07) is 9.66. The minimum atomic E-state index is -0.512. The van der Waals surface area contributed by atoms with Gasteiger partial charge < -0.3 is 9.47 Å². The van der Waals surface area contributed by atoms with Gasteiger partial charge in [-0.05, 0) is 12.1 Å². The zero-order chi connectivity index (χ0) is 13.1. The minimum absolute atomic E-state index is 0.0816. The Bertz CT molecular complexity index is 559. The summed E-state index contributed by atoms with van der Waals surface area (Å²) in [6.45, 7) is 1.33. The number of nitrogens with zero attached hydrogens (tertiary/aromatic N) is 2. The number of hydrogen-bond donors (Lipinski definition) is 0. The maximum atomic E-state index is 12.2. The van der Waals surface area contributed by atoms with Gasteiger partial charge in [0, 0.05) is 6.20 Å². The smallest absolute Gasteiger partial charge is 0.197 e. The van der Waals surface area contributed by atoms with Gasteiger partial charge in [-0.25, -0.2) is 4.68 Å². The average Bonchev–Trinajstić information content (AvgIpc) is 2.98. The Morgan fingerprint density at radius 1 is 1.26 bits per heavy atom. The molecule has 5 heteroatoms. The van der Waals surface area contributed by atoms with E-state index in [2.05, 4.69) is 5.10 Å². The van der Waals surface area contributed by atoms with Crippen LogP contribution in [0.25, 0.3) is 5.69 Å². The standard InChI is InChI=1S/C14H14N2O3/c17-14(13-10-18-6-7-19-13)11-8-15-16(9-11)12-4-2-1-3-5-12/h1-5,8-9,13H,6-7,10H2. The van der Waals surface area contributed by atoms with Crippen LogP contribution in [0.5, 0.6) is 0 Å². The quantitative estimate of drug-likeness (QED) is 0.782. The third kappa shape index (κ3) is 2.57. The molecule has 0 N–H and O–H groups in total. The van der Waals surface area contributed by atoms with Crippen LogP contribution in [0.4, 0.5) is 0 Å². The average molecular weight is 258 g/mol. The topological polar surface area (TPSA) is 53.4 Å². The van der Waals surface area contributed by atoms with Crippen LogP contribution in [-0.4, -0.2) is 41.5 Å². The highest BCUT2D eigenvalue weighted by atomic mass is 16.6. The molecule has 0 radical (unpaired) electrons. The number of rotatable bonds is 3. The number of Topliss-reactive ketones (excluding diaryl/α,β-unsaturated/α-hetero) is 1. The largest absolute Gasteiger partial charge is 0.376 e. The highest BCUT2D eigenvalue weighted by Crippen LogP contribution is 2.12. The zero-order valence-electron chi connectivity index (χ0n) is 10.4. The van der Waals surface area contributed by atoms with Crippen LogP contribution in [0.1, 0.15) is 10.4 Å². The summed E-state index contributed by atoms with van der Waals surface area (Å²) in [5, 5.41) is 4.20. The molecule has 0 amide bonds. The summed E-state index contributed by atoms with van der Waals surface area (Å²) >= 11 is 0. The van der Waals surface area contributed by atoms with Crippen molar-refractivity contribution in [3.05, 3.63) is 48.3 Å². The SMILES string of the molecule is O=C(c1cnn(-c2ccccc2)c1)C1COCCO1. The summed E-state index contributed by atoms with van der Waals surface area (Å²) in [4.78, 5) is 12.2. The monoisotopic (exact) mass is 258 g/mol. The summed E-state index contributed by atoms with van der Waals surface area (Å²) in [7, 11) is 0. The van der Waals surface area contributed by atoms with Gasteiger partial charge in [0.2, 0.25) is 0 Å². The lowest BCUT2D eigenvalue weighted by molar-refractivity contribution is -0.0719. The number of carbonyl (C=O) groups is 1. The molecule has 1 unspecified atom stereocenters. The molecule has 1 aliphatic heterocycles. The summed E-state index contributed by atoms with van der Waals surface area (Å²) in [6.07, 6.45) is 2.77. The van der Waals surface area contributed by atoms with Gasteiger partial charge in [0.15, 0.2) is 5.78 Å². The molecule has 5 nitrogen and oxygen atoms in total. The predicted molar refractivity (Wildman–Crippen MR) is 68.5 cm³/mol. The lowest BCUT2D eigenvalue weighted by Crippen LogP contribution is -2.35. The van der Waals surface area contributed by atoms with E-state index in [1.54, 1.807) is 17.1 Å². The van der Waals surface area contributed by atoms with Crippen molar-refractivity contribution in [1.29, 1.82) is 0 Å². The Hall–Kier alpha value is -1.98. The first kappa shape index (κ1) is 12.1. The molecule has 19 heavy (non-hydrogen) atoms. The van der Waals surface area contributed by atoms with Crippen molar-refractivity contribution in [2.45, 2.75) is 6.10 Å². The van der Waals surface area contributed by atoms with Gasteiger partial charge in [0.05, 0.1) is 37.3 Å². The van der Waals surface area contributed by atoms with E-state index in [1.165, 1.54) is 0 Å². The van der Waals surface area contributed by atoms with E-state index in [-0.39, 0.29) is 5.78 Å². The molecule has 0 saturated carbocycles. The van der Waals surface area contributed by atoms with Crippen molar-refractivity contribution in [2.75, 3.05) is 19.8 Å². The van der Waals surface area contributed by atoms with Crippen molar-refractivity contribution in [2.24, 2.45) is 0 Å². The van der Waals surface area contributed by atoms with Crippen LogP contribution in [0.15, 0.2) is 42.7 Å². The van der Waals surface area contributed by atoms with E-state index in [9.17, 15) is 4.79 Å². The molecule has 0 bridgehead atoms. The van der Waals surface area contributed by atoms with Gasteiger partial charge in [-0.1, -0.05) is 18.2 Å². The molecule has 1 aromatic heterocycles. The van der Waals surface area contributed by atoms with Crippen LogP contribution in [0, 0.1) is 0 Å². The fourth-order valence-electron chi connectivity index (χ4n) is 2.00. The van der Waals surface area contributed by atoms with Gasteiger partial charge in [0.1, 0.15) is 6.10 Å². The molecule has 2 aromatic rings. The lowest BCUT2D eigenvalue weighted by Gasteiger charge is -2.21. The molecular weight excluding hydrogens is 244 g/mol. The molecule has 1 aromatic carbocycles. The van der Waals surface area contributed by atoms with E-state index < -0.39 is 6.10 Å². The maximum absolute atomic E-state index is 12.2. The van der Waals surface area contributed by atoms with E-state index in [1.807, 2.05) is 30.3 Å². The molecule has 1 saturated heterocycles. The fourth-order valence-corrected chi connectivity index (χ4v) is 2.00. The fraction of sp³-hybridized carbons (Fsp3) is 0.286. The van der Waals surface area contributed by atoms with Crippen molar-refractivity contribution in [3.63, 3.8) is 0 Å². The van der Waals surface area contributed by atoms with E-state index in [4.69, 9.17) is 9.47 Å². The van der Waals surface area contributed by atoms with E-state index >= 15 is 0 Å². The van der Waals surface area contributed by atoms with Crippen LogP contribution < -0.4 is 0 Å². The molecular formula is C14H14N2O3. The predicted octanol–water partition coefficient (Wildman–Crippen LogP) is 1.47. The number of ketones is 1. The van der Waals surface area contributed by atoms with Crippen molar-refractivity contribution in [3.8, 4) is 5.69 Å².